The van der Waals surface area contributed by atoms with Crippen LogP contribution in [-0.2, 0) is 94.8 Å². The third-order valence-corrected chi connectivity index (χ3v) is 20.2. The van der Waals surface area contributed by atoms with E-state index in [0.29, 0.717) is 96.8 Å². The van der Waals surface area contributed by atoms with E-state index in [1.54, 1.807) is 0 Å². The van der Waals surface area contributed by atoms with Crippen molar-refractivity contribution in [2.24, 2.45) is 0 Å². The minimum absolute atomic E-state index is 0.150. The molecule has 0 saturated carbocycles. The van der Waals surface area contributed by atoms with Gasteiger partial charge in [-0.25, -0.2) is 0 Å². The number of benzene rings is 14. The molecule has 4 atom stereocenters. The zero-order valence-corrected chi connectivity index (χ0v) is 62.9. The van der Waals surface area contributed by atoms with Gasteiger partial charge < -0.3 is 56.8 Å². The molecule has 0 saturated heterocycles. The fourth-order valence-electron chi connectivity index (χ4n) is 14.3. The van der Waals surface area contributed by atoms with Gasteiger partial charge in [0.15, 0.2) is 35.2 Å². The highest BCUT2D eigenvalue weighted by molar-refractivity contribution is 5.66. The Labute approximate surface area is 661 Å². The first kappa shape index (κ1) is 74.1. The van der Waals surface area contributed by atoms with Crippen molar-refractivity contribution < 1.29 is 56.8 Å². The molecule has 0 spiro atoms. The van der Waals surface area contributed by atoms with E-state index in [0.717, 1.165) is 89.0 Å². The molecule has 16 rings (SSSR count). The summed E-state index contributed by atoms with van der Waals surface area (Å²) in [5.74, 6) is 5.63. The van der Waals surface area contributed by atoms with Crippen molar-refractivity contribution in [2.75, 3.05) is 0 Å². The number of hydrogen-bond donors (Lipinski definition) is 0. The predicted octanol–water partition coefficient (Wildman–Crippen LogP) is 22.4. The summed E-state index contributed by atoms with van der Waals surface area (Å²) in [7, 11) is 0. The maximum atomic E-state index is 7.99. The second kappa shape index (κ2) is 37.1. The van der Waals surface area contributed by atoms with Gasteiger partial charge in [-0.15, -0.1) is 0 Å². The molecule has 0 amide bonds. The quantitative estimate of drug-likeness (QED) is 0.0383. The molecule has 0 aliphatic carbocycles. The van der Waals surface area contributed by atoms with Crippen LogP contribution < -0.4 is 47.4 Å². The molecule has 12 nitrogen and oxygen atoms in total. The van der Waals surface area contributed by atoms with Crippen LogP contribution in [0.25, 0.3) is 0 Å². The summed E-state index contributed by atoms with van der Waals surface area (Å²) in [5, 5.41) is 0. The standard InChI is InChI=1S/C101H88O12/c1-11-31-72(32-12-1)62-102-88-53-51-82(55-94(88)108-68-78-43-23-7-24-44-78)98-96(110-70-80-47-27-9-28-48-80)58-86-92(106-66-76-39-19-5-20-40-76)60-90(104-64-74-35-15-3-16-36-74)84(100(86)112-98)57-85-91(105-65-75-37-17-4-18-38-75)61-93(107-67-77-41-21-6-22-42-77)87-59-97(111-71-81-49-29-10-30-50-81)99(113-101(85)87)83-52-54-89(103-63-73-33-13-2-14-34-73)95(56-83)109-69-79-45-25-8-26-46-79/h1-56,60-61,96-99H,57-59,62-71H2/t96-,97-,98+,99+/m0/s1. The summed E-state index contributed by atoms with van der Waals surface area (Å²) in [6, 6.07) is 118. The van der Waals surface area contributed by atoms with E-state index < -0.39 is 24.4 Å². The van der Waals surface area contributed by atoms with Crippen molar-refractivity contribution in [3.8, 4) is 57.5 Å². The highest BCUT2D eigenvalue weighted by Gasteiger charge is 2.41. The van der Waals surface area contributed by atoms with Gasteiger partial charge in [0.1, 0.15) is 99.6 Å². The lowest BCUT2D eigenvalue weighted by molar-refractivity contribution is -0.0477. The molecule has 113 heavy (non-hydrogen) atoms. The predicted molar refractivity (Wildman–Crippen MR) is 439 cm³/mol. The summed E-state index contributed by atoms with van der Waals surface area (Å²) >= 11 is 0. The number of hydrogen-bond acceptors (Lipinski definition) is 12. The molecule has 0 unspecified atom stereocenters. The van der Waals surface area contributed by atoms with E-state index in [-0.39, 0.29) is 46.1 Å². The lowest BCUT2D eigenvalue weighted by Crippen LogP contribution is -2.34. The lowest BCUT2D eigenvalue weighted by Gasteiger charge is -2.38. The summed E-state index contributed by atoms with van der Waals surface area (Å²) in [6.45, 7) is 2.77. The molecule has 14 aromatic carbocycles. The monoisotopic (exact) mass is 1490 g/mol. The first-order valence-electron chi connectivity index (χ1n) is 38.6. The van der Waals surface area contributed by atoms with Crippen LogP contribution in [-0.4, -0.2) is 12.2 Å². The van der Waals surface area contributed by atoms with E-state index in [2.05, 4.69) is 133 Å². The Balaban J connectivity index is 0.888. The molecule has 0 radical (unpaired) electrons. The molecule has 0 fully saturated rings. The van der Waals surface area contributed by atoms with E-state index in [1.165, 1.54) is 0 Å². The third kappa shape index (κ3) is 19.4. The fourth-order valence-corrected chi connectivity index (χ4v) is 14.3. The number of fused-ring (bicyclic) bond motifs is 2. The van der Waals surface area contributed by atoms with E-state index in [4.69, 9.17) is 56.8 Å². The van der Waals surface area contributed by atoms with Crippen LogP contribution in [0.1, 0.15) is 101 Å². The maximum Gasteiger partial charge on any atom is 0.162 e. The number of ether oxygens (including phenoxy) is 12. The highest BCUT2D eigenvalue weighted by atomic mass is 16.6. The summed E-state index contributed by atoms with van der Waals surface area (Å²) < 4.78 is 86.7. The molecule has 12 heteroatoms. The van der Waals surface area contributed by atoms with Crippen LogP contribution in [0, 0.1) is 0 Å². The average molecular weight is 1490 g/mol. The topological polar surface area (TPSA) is 111 Å². The molecular weight excluding hydrogens is 1410 g/mol. The van der Waals surface area contributed by atoms with Gasteiger partial charge in [0.25, 0.3) is 0 Å². The molecule has 0 aromatic heterocycles. The Morgan fingerprint density at radius 2 is 0.434 bits per heavy atom. The van der Waals surface area contributed by atoms with Crippen LogP contribution in [0.2, 0.25) is 0 Å². The second-order valence-electron chi connectivity index (χ2n) is 28.3. The molecule has 0 N–H and O–H groups in total. The van der Waals surface area contributed by atoms with Crippen LogP contribution >= 0.6 is 0 Å². The van der Waals surface area contributed by atoms with Crippen molar-refractivity contribution in [3.05, 3.63) is 441 Å². The lowest BCUT2D eigenvalue weighted by atomic mass is 9.87. The van der Waals surface area contributed by atoms with Gasteiger partial charge in [-0.1, -0.05) is 315 Å². The zero-order valence-electron chi connectivity index (χ0n) is 62.9. The summed E-state index contributed by atoms with van der Waals surface area (Å²) in [5.41, 5.74) is 14.6. The van der Waals surface area contributed by atoms with Crippen LogP contribution in [0.3, 0.4) is 0 Å². The molecule has 14 aromatic rings. The van der Waals surface area contributed by atoms with Crippen molar-refractivity contribution in [3.63, 3.8) is 0 Å². The largest absolute Gasteiger partial charge is 0.488 e. The van der Waals surface area contributed by atoms with Crippen LogP contribution in [0.15, 0.2) is 352 Å². The van der Waals surface area contributed by atoms with Gasteiger partial charge in [-0.3, -0.25) is 0 Å². The van der Waals surface area contributed by atoms with Crippen molar-refractivity contribution >= 4 is 0 Å². The van der Waals surface area contributed by atoms with Gasteiger partial charge in [-0.2, -0.15) is 0 Å². The Hall–Kier alpha value is -13.0. The van der Waals surface area contributed by atoms with E-state index in [1.807, 2.05) is 218 Å². The first-order valence-corrected chi connectivity index (χ1v) is 38.6. The molecular formula is C101H88O12. The highest BCUT2D eigenvalue weighted by Crippen LogP contribution is 2.54. The fraction of sp³-hybridized carbons (Fsp3) is 0.168. The van der Waals surface area contributed by atoms with E-state index in [9.17, 15) is 0 Å². The normalized spacial score (nSPS) is 14.7. The average Bonchev–Trinajstić information content (AvgIpc) is 0.741. The van der Waals surface area contributed by atoms with Crippen molar-refractivity contribution in [1.82, 2.24) is 0 Å². The van der Waals surface area contributed by atoms with Gasteiger partial charge in [-0.05, 0) is 91.0 Å². The van der Waals surface area contributed by atoms with Crippen molar-refractivity contribution in [2.45, 2.75) is 110 Å². The Bertz CT molecular complexity index is 4990. The SMILES string of the molecule is c1ccc(COc2ccc([C@H]3Oc4c(Cc5c(OCc6ccccc6)cc(OCc6ccccc6)c6c5O[C@H](c5ccc(OCc7ccccc7)c(OCc7ccccc7)c5)[C@@H](OCc5ccccc5)C6)c(OCc5ccccc5)cc(OCc5ccccc5)c4C[C@@H]3OCc3ccccc3)cc2OCc2ccccc2)cc1. The minimum atomic E-state index is -0.754. The molecule has 2 aliphatic rings. The van der Waals surface area contributed by atoms with Gasteiger partial charge in [0, 0.05) is 53.6 Å². The van der Waals surface area contributed by atoms with Gasteiger partial charge in [0.2, 0.25) is 0 Å². The molecule has 2 aliphatic heterocycles. The smallest absolute Gasteiger partial charge is 0.162 e. The summed E-state index contributed by atoms with van der Waals surface area (Å²) in [6.07, 6.45) is -1.82. The zero-order chi connectivity index (χ0) is 76.0. The third-order valence-electron chi connectivity index (χ3n) is 20.2. The van der Waals surface area contributed by atoms with E-state index >= 15 is 0 Å². The number of rotatable bonds is 34. The Morgan fingerprint density at radius 3 is 0.690 bits per heavy atom. The molecule has 564 valence electrons. The summed E-state index contributed by atoms with van der Waals surface area (Å²) in [4.78, 5) is 0. The second-order valence-corrected chi connectivity index (χ2v) is 28.3. The maximum absolute atomic E-state index is 7.99. The van der Waals surface area contributed by atoms with Crippen LogP contribution in [0.5, 0.6) is 57.5 Å². The minimum Gasteiger partial charge on any atom is -0.488 e. The first-order chi connectivity index (χ1) is 56.0. The Morgan fingerprint density at radius 1 is 0.212 bits per heavy atom. The molecule has 0 bridgehead atoms. The van der Waals surface area contributed by atoms with Gasteiger partial charge >= 0.3 is 0 Å². The van der Waals surface area contributed by atoms with Gasteiger partial charge in [0.05, 0.1) is 13.2 Å². The van der Waals surface area contributed by atoms with Crippen molar-refractivity contribution in [1.29, 1.82) is 0 Å². The Kier molecular flexibility index (Phi) is 24.4. The van der Waals surface area contributed by atoms with Crippen LogP contribution in [0.4, 0.5) is 0 Å². The molecule has 2 heterocycles.